The molecular weight excluding hydrogens is 228 g/mol. The molecule has 74 valence electrons. The van der Waals surface area contributed by atoms with E-state index in [0.717, 1.165) is 11.3 Å². The van der Waals surface area contributed by atoms with Crippen molar-refractivity contribution in [3.05, 3.63) is 28.1 Å². The van der Waals surface area contributed by atoms with Gasteiger partial charge in [0.2, 0.25) is 0 Å². The van der Waals surface area contributed by atoms with Crippen molar-refractivity contribution < 1.29 is 8.78 Å². The number of fused-ring (bicyclic) bond motifs is 1. The van der Waals surface area contributed by atoms with Gasteiger partial charge in [0, 0.05) is 0 Å². The molecule has 0 saturated carbocycles. The van der Waals surface area contributed by atoms with E-state index in [1.165, 1.54) is 6.07 Å². The molecule has 0 unspecified atom stereocenters. The van der Waals surface area contributed by atoms with Crippen LogP contribution >= 0.6 is 22.9 Å². The van der Waals surface area contributed by atoms with Gasteiger partial charge in [-0.2, -0.15) is 0 Å². The van der Waals surface area contributed by atoms with Crippen LogP contribution < -0.4 is 5.73 Å². The third-order valence-corrected chi connectivity index (χ3v) is 3.43. The molecule has 2 N–H and O–H groups in total. The van der Waals surface area contributed by atoms with Crippen molar-refractivity contribution in [3.63, 3.8) is 0 Å². The van der Waals surface area contributed by atoms with Crippen LogP contribution in [-0.4, -0.2) is 0 Å². The maximum absolute atomic E-state index is 12.4. The zero-order chi connectivity index (χ0) is 10.3. The quantitative estimate of drug-likeness (QED) is 0.738. The molecule has 2 rings (SSSR count). The van der Waals surface area contributed by atoms with E-state index in [1.807, 2.05) is 0 Å². The van der Waals surface area contributed by atoms with Gasteiger partial charge in [-0.3, -0.25) is 0 Å². The summed E-state index contributed by atoms with van der Waals surface area (Å²) in [6.45, 7) is 0. The van der Waals surface area contributed by atoms with Gasteiger partial charge in [0.15, 0.2) is 0 Å². The molecule has 0 aliphatic carbocycles. The van der Waals surface area contributed by atoms with Crippen LogP contribution in [0.3, 0.4) is 0 Å². The molecule has 5 heteroatoms. The van der Waals surface area contributed by atoms with Crippen molar-refractivity contribution in [1.82, 2.24) is 0 Å². The van der Waals surface area contributed by atoms with Crippen molar-refractivity contribution in [2.45, 2.75) is 6.43 Å². The summed E-state index contributed by atoms with van der Waals surface area (Å²) < 4.78 is 25.4. The predicted molar refractivity (Wildman–Crippen MR) is 56.2 cm³/mol. The molecule has 0 aliphatic rings. The van der Waals surface area contributed by atoms with Gasteiger partial charge in [0.05, 0.1) is 20.3 Å². The Bertz CT molecular complexity index is 481. The van der Waals surface area contributed by atoms with E-state index < -0.39 is 6.43 Å². The van der Waals surface area contributed by atoms with Gasteiger partial charge in [0.25, 0.3) is 6.43 Å². The van der Waals surface area contributed by atoms with Gasteiger partial charge in [-0.15, -0.1) is 11.3 Å². The predicted octanol–water partition coefficient (Wildman–Crippen LogP) is 4.07. The molecule has 1 heterocycles. The first kappa shape index (κ1) is 9.68. The summed E-state index contributed by atoms with van der Waals surface area (Å²) in [5.41, 5.74) is 6.04. The lowest BCUT2D eigenvalue weighted by Crippen LogP contribution is -1.84. The molecule has 0 saturated heterocycles. The first-order chi connectivity index (χ1) is 6.59. The molecule has 1 aromatic heterocycles. The van der Waals surface area contributed by atoms with Crippen molar-refractivity contribution in [2.24, 2.45) is 0 Å². The second-order valence-electron chi connectivity index (χ2n) is 2.83. The van der Waals surface area contributed by atoms with Gasteiger partial charge in [-0.05, 0) is 17.5 Å². The van der Waals surface area contributed by atoms with Gasteiger partial charge in [-0.25, -0.2) is 8.78 Å². The number of halogens is 3. The van der Waals surface area contributed by atoms with Gasteiger partial charge in [0.1, 0.15) is 0 Å². The Kier molecular flexibility index (Phi) is 2.33. The molecule has 14 heavy (non-hydrogen) atoms. The Morgan fingerprint density at radius 3 is 2.71 bits per heavy atom. The van der Waals surface area contributed by atoms with Crippen molar-refractivity contribution in [2.75, 3.05) is 5.73 Å². The maximum Gasteiger partial charge on any atom is 0.272 e. The van der Waals surface area contributed by atoms with E-state index in [4.69, 9.17) is 17.3 Å². The van der Waals surface area contributed by atoms with Crippen LogP contribution in [0.2, 0.25) is 5.02 Å². The molecule has 0 amide bonds. The van der Waals surface area contributed by atoms with Gasteiger partial charge in [-0.1, -0.05) is 17.7 Å². The SMILES string of the molecule is Nc1c(Cl)ccc2cc(C(F)F)sc12. The Morgan fingerprint density at radius 1 is 1.36 bits per heavy atom. The van der Waals surface area contributed by atoms with Crippen LogP contribution in [0.5, 0.6) is 0 Å². The molecule has 1 aromatic carbocycles. The van der Waals surface area contributed by atoms with E-state index in [1.54, 1.807) is 12.1 Å². The number of anilines is 1. The van der Waals surface area contributed by atoms with Crippen molar-refractivity contribution in [1.29, 1.82) is 0 Å². The molecule has 0 bridgehead atoms. The van der Waals surface area contributed by atoms with E-state index in [-0.39, 0.29) is 4.88 Å². The highest BCUT2D eigenvalue weighted by Crippen LogP contribution is 2.38. The summed E-state index contributed by atoms with van der Waals surface area (Å²) in [6.07, 6.45) is -2.45. The van der Waals surface area contributed by atoms with Crippen LogP contribution in [0, 0.1) is 0 Å². The number of thiophene rings is 1. The van der Waals surface area contributed by atoms with Crippen LogP contribution in [-0.2, 0) is 0 Å². The third-order valence-electron chi connectivity index (χ3n) is 1.91. The monoisotopic (exact) mass is 233 g/mol. The molecule has 2 aromatic rings. The first-order valence-corrected chi connectivity index (χ1v) is 5.04. The van der Waals surface area contributed by atoms with Crippen molar-refractivity contribution in [3.8, 4) is 0 Å². The Labute approximate surface area is 88.1 Å². The van der Waals surface area contributed by atoms with Crippen LogP contribution in [0.25, 0.3) is 10.1 Å². The number of alkyl halides is 2. The lowest BCUT2D eigenvalue weighted by atomic mass is 10.2. The maximum atomic E-state index is 12.4. The lowest BCUT2D eigenvalue weighted by molar-refractivity contribution is 0.156. The van der Waals surface area contributed by atoms with Gasteiger partial charge < -0.3 is 5.73 Å². The molecule has 0 radical (unpaired) electrons. The van der Waals surface area contributed by atoms with Crippen molar-refractivity contribution >= 4 is 38.7 Å². The molecule has 0 atom stereocenters. The summed E-state index contributed by atoms with van der Waals surface area (Å²) in [6, 6.07) is 4.74. The number of benzene rings is 1. The number of hydrogen-bond acceptors (Lipinski definition) is 2. The summed E-state index contributed by atoms with van der Waals surface area (Å²) in [5.74, 6) is 0. The number of nitrogen functional groups attached to an aromatic ring is 1. The second kappa shape index (κ2) is 3.37. The van der Waals surface area contributed by atoms with E-state index >= 15 is 0 Å². The molecule has 0 spiro atoms. The average Bonchev–Trinajstić information content (AvgIpc) is 2.56. The smallest absolute Gasteiger partial charge is 0.272 e. The average molecular weight is 234 g/mol. The standard InChI is InChI=1S/C9H6ClF2NS/c10-5-2-1-4-3-6(9(11)12)14-8(4)7(5)13/h1-3,9H,13H2. The fourth-order valence-corrected chi connectivity index (χ4v) is 2.42. The van der Waals surface area contributed by atoms with Crippen LogP contribution in [0.1, 0.15) is 11.3 Å². The minimum Gasteiger partial charge on any atom is -0.396 e. The van der Waals surface area contributed by atoms with E-state index in [9.17, 15) is 8.78 Å². The number of nitrogens with two attached hydrogens (primary N) is 1. The highest BCUT2D eigenvalue weighted by atomic mass is 35.5. The van der Waals surface area contributed by atoms with Crippen LogP contribution in [0.15, 0.2) is 18.2 Å². The molecule has 1 nitrogen and oxygen atoms in total. The first-order valence-electron chi connectivity index (χ1n) is 3.85. The fourth-order valence-electron chi connectivity index (χ4n) is 1.23. The minimum absolute atomic E-state index is 0.0222. The van der Waals surface area contributed by atoms with E-state index in [2.05, 4.69) is 0 Å². The largest absolute Gasteiger partial charge is 0.396 e. The Morgan fingerprint density at radius 2 is 2.07 bits per heavy atom. The Balaban J connectivity index is 2.71. The molecule has 0 fully saturated rings. The number of rotatable bonds is 1. The zero-order valence-electron chi connectivity index (χ0n) is 6.93. The normalized spacial score (nSPS) is 11.4. The van der Waals surface area contributed by atoms with Gasteiger partial charge >= 0.3 is 0 Å². The second-order valence-corrected chi connectivity index (χ2v) is 4.32. The fraction of sp³-hybridized carbons (Fsp3) is 0.111. The topological polar surface area (TPSA) is 26.0 Å². The minimum atomic E-state index is -2.45. The molecule has 0 aliphatic heterocycles. The lowest BCUT2D eigenvalue weighted by Gasteiger charge is -1.97. The summed E-state index contributed by atoms with van der Waals surface area (Å²) in [5, 5.41) is 1.12. The highest BCUT2D eigenvalue weighted by Gasteiger charge is 2.13. The zero-order valence-corrected chi connectivity index (χ0v) is 8.50. The third kappa shape index (κ3) is 1.44. The van der Waals surface area contributed by atoms with Crippen LogP contribution in [0.4, 0.5) is 14.5 Å². The molecular formula is C9H6ClF2NS. The summed E-state index contributed by atoms with van der Waals surface area (Å²) in [4.78, 5) is 0.0222. The number of hydrogen-bond donors (Lipinski definition) is 1. The summed E-state index contributed by atoms with van der Waals surface area (Å²) >= 11 is 6.76. The Hall–Kier alpha value is -0.870. The summed E-state index contributed by atoms with van der Waals surface area (Å²) in [7, 11) is 0. The highest BCUT2D eigenvalue weighted by molar-refractivity contribution is 7.19. The van der Waals surface area contributed by atoms with E-state index in [0.29, 0.717) is 20.8 Å².